The molecular weight excluding hydrogens is 224 g/mol. The fraction of sp³-hybridized carbons (Fsp3) is 0.917. The first-order valence-corrected chi connectivity index (χ1v) is 6.26. The van der Waals surface area contributed by atoms with Gasteiger partial charge < -0.3 is 10.6 Å². The Morgan fingerprint density at radius 3 is 2.69 bits per heavy atom. The number of piperidine rings is 1. The van der Waals surface area contributed by atoms with Gasteiger partial charge >= 0.3 is 0 Å². The van der Waals surface area contributed by atoms with Crippen molar-refractivity contribution < 1.29 is 4.79 Å². The minimum absolute atomic E-state index is 0. The van der Waals surface area contributed by atoms with E-state index < -0.39 is 0 Å². The molecule has 0 aromatic carbocycles. The molecule has 0 spiro atoms. The van der Waals surface area contributed by atoms with Gasteiger partial charge in [0.15, 0.2) is 0 Å². The zero-order valence-electron chi connectivity index (χ0n) is 10.4. The number of amides is 1. The van der Waals surface area contributed by atoms with Crippen molar-refractivity contribution in [2.45, 2.75) is 64.5 Å². The summed E-state index contributed by atoms with van der Waals surface area (Å²) in [6.07, 6.45) is 6.58. The molecule has 2 atom stereocenters. The number of halogens is 1. The molecular formula is C12H25ClN2O. The van der Waals surface area contributed by atoms with E-state index in [2.05, 4.69) is 6.92 Å². The largest absolute Gasteiger partial charge is 0.338 e. The van der Waals surface area contributed by atoms with Crippen LogP contribution < -0.4 is 5.73 Å². The van der Waals surface area contributed by atoms with Gasteiger partial charge in [0.05, 0.1) is 6.04 Å². The summed E-state index contributed by atoms with van der Waals surface area (Å²) in [6.45, 7) is 5.07. The van der Waals surface area contributed by atoms with Crippen molar-refractivity contribution in [1.82, 2.24) is 4.90 Å². The maximum Gasteiger partial charge on any atom is 0.239 e. The Balaban J connectivity index is 0.00000225. The minimum atomic E-state index is -0.289. The Bertz CT molecular complexity index is 209. The number of hydrogen-bond acceptors (Lipinski definition) is 2. The highest BCUT2D eigenvalue weighted by Gasteiger charge is 2.28. The monoisotopic (exact) mass is 248 g/mol. The summed E-state index contributed by atoms with van der Waals surface area (Å²) in [6, 6.07) is 0.163. The van der Waals surface area contributed by atoms with E-state index in [1.165, 1.54) is 6.42 Å². The third kappa shape index (κ3) is 3.95. The number of rotatable bonds is 4. The predicted molar refractivity (Wildman–Crippen MR) is 69.8 cm³/mol. The van der Waals surface area contributed by atoms with Gasteiger partial charge in [-0.1, -0.05) is 20.3 Å². The number of nitrogens with two attached hydrogens (primary N) is 1. The zero-order valence-corrected chi connectivity index (χ0v) is 11.3. The third-order valence-corrected chi connectivity index (χ3v) is 3.29. The maximum absolute atomic E-state index is 12.0. The van der Waals surface area contributed by atoms with Crippen molar-refractivity contribution in [3.05, 3.63) is 0 Å². The SMILES string of the molecule is CCCC1CCCCN1C(=O)[C@@H](N)CC.Cl. The lowest BCUT2D eigenvalue weighted by atomic mass is 9.97. The van der Waals surface area contributed by atoms with Gasteiger partial charge in [0, 0.05) is 12.6 Å². The van der Waals surface area contributed by atoms with Gasteiger partial charge in [-0.05, 0) is 32.1 Å². The van der Waals surface area contributed by atoms with E-state index in [0.717, 1.165) is 38.6 Å². The van der Waals surface area contributed by atoms with Crippen molar-refractivity contribution in [3.63, 3.8) is 0 Å². The van der Waals surface area contributed by atoms with Gasteiger partial charge in [-0.25, -0.2) is 0 Å². The molecule has 0 aromatic heterocycles. The van der Waals surface area contributed by atoms with Crippen LogP contribution in [0.15, 0.2) is 0 Å². The van der Waals surface area contributed by atoms with E-state index in [1.807, 2.05) is 11.8 Å². The number of carbonyl (C=O) groups excluding carboxylic acids is 1. The fourth-order valence-corrected chi connectivity index (χ4v) is 2.31. The third-order valence-electron chi connectivity index (χ3n) is 3.29. The number of nitrogens with zero attached hydrogens (tertiary/aromatic N) is 1. The van der Waals surface area contributed by atoms with Crippen LogP contribution in [0.4, 0.5) is 0 Å². The Kier molecular flexibility index (Phi) is 7.77. The molecule has 0 aliphatic carbocycles. The molecule has 1 aliphatic rings. The molecule has 0 radical (unpaired) electrons. The molecule has 0 bridgehead atoms. The van der Waals surface area contributed by atoms with Crippen molar-refractivity contribution in [2.75, 3.05) is 6.54 Å². The van der Waals surface area contributed by atoms with E-state index in [-0.39, 0.29) is 24.4 Å². The van der Waals surface area contributed by atoms with Gasteiger partial charge in [0.2, 0.25) is 5.91 Å². The maximum atomic E-state index is 12.0. The van der Waals surface area contributed by atoms with Crippen molar-refractivity contribution in [2.24, 2.45) is 5.73 Å². The average Bonchev–Trinajstić information content (AvgIpc) is 2.28. The van der Waals surface area contributed by atoms with Gasteiger partial charge in [-0.15, -0.1) is 12.4 Å². The molecule has 1 aliphatic heterocycles. The first-order valence-electron chi connectivity index (χ1n) is 6.26. The van der Waals surface area contributed by atoms with Crippen molar-refractivity contribution in [3.8, 4) is 0 Å². The standard InChI is InChI=1S/C12H24N2O.ClH/c1-3-7-10-8-5-6-9-14(10)12(15)11(13)4-2;/h10-11H,3-9,13H2,1-2H3;1H/t10?,11-;/m0./s1. The Morgan fingerprint density at radius 1 is 1.44 bits per heavy atom. The van der Waals surface area contributed by atoms with Crippen LogP contribution in [0.5, 0.6) is 0 Å². The van der Waals surface area contributed by atoms with Crippen molar-refractivity contribution in [1.29, 1.82) is 0 Å². The Hall–Kier alpha value is -0.280. The lowest BCUT2D eigenvalue weighted by Crippen LogP contribution is -2.50. The average molecular weight is 249 g/mol. The minimum Gasteiger partial charge on any atom is -0.338 e. The van der Waals surface area contributed by atoms with Crippen LogP contribution in [0.3, 0.4) is 0 Å². The molecule has 0 aromatic rings. The molecule has 1 unspecified atom stereocenters. The topological polar surface area (TPSA) is 46.3 Å². The molecule has 1 heterocycles. The smallest absolute Gasteiger partial charge is 0.239 e. The highest BCUT2D eigenvalue weighted by atomic mass is 35.5. The van der Waals surface area contributed by atoms with Crippen LogP contribution >= 0.6 is 12.4 Å². The second-order valence-corrected chi connectivity index (χ2v) is 4.48. The number of hydrogen-bond donors (Lipinski definition) is 1. The molecule has 1 amide bonds. The molecule has 96 valence electrons. The molecule has 16 heavy (non-hydrogen) atoms. The van der Waals surface area contributed by atoms with Crippen LogP contribution in [0, 0.1) is 0 Å². The summed E-state index contributed by atoms with van der Waals surface area (Å²) in [7, 11) is 0. The van der Waals surface area contributed by atoms with Crippen LogP contribution in [-0.4, -0.2) is 29.4 Å². The van der Waals surface area contributed by atoms with Crippen LogP contribution in [-0.2, 0) is 4.79 Å². The predicted octanol–water partition coefficient (Wildman–Crippen LogP) is 2.33. The van der Waals surface area contributed by atoms with Crippen molar-refractivity contribution >= 4 is 18.3 Å². The van der Waals surface area contributed by atoms with Gasteiger partial charge in [0.25, 0.3) is 0 Å². The zero-order chi connectivity index (χ0) is 11.3. The van der Waals surface area contributed by atoms with Crippen LogP contribution in [0.2, 0.25) is 0 Å². The lowest BCUT2D eigenvalue weighted by molar-refractivity contribution is -0.136. The summed E-state index contributed by atoms with van der Waals surface area (Å²) in [5.74, 6) is 0.163. The van der Waals surface area contributed by atoms with E-state index in [4.69, 9.17) is 5.73 Å². The fourth-order valence-electron chi connectivity index (χ4n) is 2.31. The van der Waals surface area contributed by atoms with Crippen LogP contribution in [0.1, 0.15) is 52.4 Å². The first kappa shape index (κ1) is 15.7. The van der Waals surface area contributed by atoms with Gasteiger partial charge in [-0.2, -0.15) is 0 Å². The molecule has 1 rings (SSSR count). The van der Waals surface area contributed by atoms with E-state index in [0.29, 0.717) is 6.04 Å². The lowest BCUT2D eigenvalue weighted by Gasteiger charge is -2.37. The molecule has 1 fully saturated rings. The first-order chi connectivity index (χ1) is 7.20. The van der Waals surface area contributed by atoms with E-state index in [9.17, 15) is 4.79 Å². The highest BCUT2D eigenvalue weighted by molar-refractivity contribution is 5.85. The quantitative estimate of drug-likeness (QED) is 0.830. The normalized spacial score (nSPS) is 22.4. The number of carbonyl (C=O) groups is 1. The molecule has 1 saturated heterocycles. The summed E-state index contributed by atoms with van der Waals surface area (Å²) in [4.78, 5) is 14.0. The van der Waals surface area contributed by atoms with Gasteiger partial charge in [0.1, 0.15) is 0 Å². The second-order valence-electron chi connectivity index (χ2n) is 4.48. The van der Waals surface area contributed by atoms with Gasteiger partial charge in [-0.3, -0.25) is 4.79 Å². The second kappa shape index (κ2) is 7.91. The van der Waals surface area contributed by atoms with E-state index >= 15 is 0 Å². The summed E-state index contributed by atoms with van der Waals surface area (Å²) < 4.78 is 0. The summed E-state index contributed by atoms with van der Waals surface area (Å²) >= 11 is 0. The number of likely N-dealkylation sites (tertiary alicyclic amines) is 1. The highest BCUT2D eigenvalue weighted by Crippen LogP contribution is 2.21. The summed E-state index contributed by atoms with van der Waals surface area (Å²) in [5.41, 5.74) is 5.81. The molecule has 2 N–H and O–H groups in total. The van der Waals surface area contributed by atoms with E-state index in [1.54, 1.807) is 0 Å². The molecule has 4 heteroatoms. The molecule has 3 nitrogen and oxygen atoms in total. The molecule has 0 saturated carbocycles. The summed E-state index contributed by atoms with van der Waals surface area (Å²) in [5, 5.41) is 0. The Morgan fingerprint density at radius 2 is 2.12 bits per heavy atom. The van der Waals surface area contributed by atoms with Crippen LogP contribution in [0.25, 0.3) is 0 Å². The Labute approximate surface area is 105 Å².